The summed E-state index contributed by atoms with van der Waals surface area (Å²) in [6.45, 7) is 1.88. The fraction of sp³-hybridized carbons (Fsp3) is 0.308. The van der Waals surface area contributed by atoms with E-state index in [9.17, 15) is 4.39 Å². The van der Waals surface area contributed by atoms with Crippen molar-refractivity contribution in [1.82, 2.24) is 14.8 Å². The number of methoxy groups -OCH3 is 1. The number of hydrogen-bond donors (Lipinski definition) is 1. The first-order valence-electron chi connectivity index (χ1n) is 11.4. The van der Waals surface area contributed by atoms with Crippen LogP contribution in [0.1, 0.15) is 24.8 Å². The van der Waals surface area contributed by atoms with Crippen LogP contribution >= 0.6 is 0 Å². The highest BCUT2D eigenvalue weighted by Crippen LogP contribution is 2.33. The number of nitrogen functional groups attached to an aromatic ring is 1. The summed E-state index contributed by atoms with van der Waals surface area (Å²) in [5.41, 5.74) is 8.39. The van der Waals surface area contributed by atoms with Gasteiger partial charge in [-0.2, -0.15) is 0 Å². The zero-order valence-corrected chi connectivity index (χ0v) is 18.7. The Morgan fingerprint density at radius 1 is 0.970 bits per heavy atom. The van der Waals surface area contributed by atoms with E-state index in [-0.39, 0.29) is 5.82 Å². The minimum Gasteiger partial charge on any atom is -0.497 e. The first kappa shape index (κ1) is 21.2. The van der Waals surface area contributed by atoms with Crippen molar-refractivity contribution < 1.29 is 9.13 Å². The number of hydrogen-bond acceptors (Lipinski definition) is 5. The molecular formula is C26H28FN5O. The number of rotatable bonds is 6. The van der Waals surface area contributed by atoms with Crippen molar-refractivity contribution in [3.8, 4) is 11.4 Å². The number of anilines is 2. The summed E-state index contributed by atoms with van der Waals surface area (Å²) in [6.07, 6.45) is 8.41. The Bertz CT molecular complexity index is 1230. The topological polar surface area (TPSA) is 69.2 Å². The molecule has 5 rings (SSSR count). The Kier molecular flexibility index (Phi) is 5.86. The highest BCUT2D eigenvalue weighted by molar-refractivity contribution is 5.98. The summed E-state index contributed by atoms with van der Waals surface area (Å²) >= 11 is 0. The molecule has 3 heterocycles. The Balaban J connectivity index is 1.30. The number of aryl methyl sites for hydroxylation is 1. The molecule has 33 heavy (non-hydrogen) atoms. The van der Waals surface area contributed by atoms with Crippen LogP contribution in [0.5, 0.6) is 5.75 Å². The van der Waals surface area contributed by atoms with E-state index in [1.165, 1.54) is 5.56 Å². The summed E-state index contributed by atoms with van der Waals surface area (Å²) in [6, 6.07) is 14.8. The number of benzene rings is 2. The molecule has 0 bridgehead atoms. The van der Waals surface area contributed by atoms with Crippen molar-refractivity contribution in [2.75, 3.05) is 30.8 Å². The molecule has 1 aliphatic heterocycles. The van der Waals surface area contributed by atoms with E-state index in [2.05, 4.69) is 25.9 Å². The van der Waals surface area contributed by atoms with Gasteiger partial charge in [-0.3, -0.25) is 0 Å². The maximum absolute atomic E-state index is 13.1. The second-order valence-corrected chi connectivity index (χ2v) is 8.70. The summed E-state index contributed by atoms with van der Waals surface area (Å²) in [5.74, 6) is 2.64. The van der Waals surface area contributed by atoms with Crippen molar-refractivity contribution in [1.29, 1.82) is 0 Å². The van der Waals surface area contributed by atoms with Crippen LogP contribution in [-0.2, 0) is 6.42 Å². The van der Waals surface area contributed by atoms with Gasteiger partial charge in [0.05, 0.1) is 7.11 Å². The zero-order valence-electron chi connectivity index (χ0n) is 18.7. The lowest BCUT2D eigenvalue weighted by Gasteiger charge is -2.33. The maximum Gasteiger partial charge on any atom is 0.160 e. The molecule has 7 heteroatoms. The Morgan fingerprint density at radius 2 is 1.67 bits per heavy atom. The molecule has 170 valence electrons. The van der Waals surface area contributed by atoms with Crippen LogP contribution in [0.4, 0.5) is 16.0 Å². The number of fused-ring (bicyclic) bond motifs is 1. The molecule has 2 aromatic carbocycles. The highest BCUT2D eigenvalue weighted by Gasteiger charge is 2.23. The second kappa shape index (κ2) is 9.10. The molecule has 0 saturated carbocycles. The predicted octanol–water partition coefficient (Wildman–Crippen LogP) is 5.00. The molecule has 2 N–H and O–H groups in total. The van der Waals surface area contributed by atoms with Crippen molar-refractivity contribution >= 4 is 22.4 Å². The Hall–Kier alpha value is -3.61. The van der Waals surface area contributed by atoms with Gasteiger partial charge in [0.2, 0.25) is 0 Å². The number of ether oxygens (including phenoxy) is 1. The average Bonchev–Trinajstić information content (AvgIpc) is 3.31. The average molecular weight is 446 g/mol. The summed E-state index contributed by atoms with van der Waals surface area (Å²) in [4.78, 5) is 2.32. The van der Waals surface area contributed by atoms with Crippen LogP contribution in [0.15, 0.2) is 60.9 Å². The molecule has 6 nitrogen and oxygen atoms in total. The number of halogens is 1. The highest BCUT2D eigenvalue weighted by atomic mass is 19.1. The van der Waals surface area contributed by atoms with E-state index >= 15 is 0 Å². The monoisotopic (exact) mass is 445 g/mol. The van der Waals surface area contributed by atoms with E-state index in [1.54, 1.807) is 19.2 Å². The molecule has 2 aromatic heterocycles. The Morgan fingerprint density at radius 3 is 2.36 bits per heavy atom. The molecule has 0 radical (unpaired) electrons. The predicted molar refractivity (Wildman–Crippen MR) is 129 cm³/mol. The lowest BCUT2D eigenvalue weighted by atomic mass is 9.90. The molecule has 4 aromatic rings. The van der Waals surface area contributed by atoms with Gasteiger partial charge in [0, 0.05) is 41.9 Å². The van der Waals surface area contributed by atoms with Gasteiger partial charge in [-0.25, -0.2) is 4.39 Å². The largest absolute Gasteiger partial charge is 0.497 e. The summed E-state index contributed by atoms with van der Waals surface area (Å²) in [5, 5.41) is 10.6. The van der Waals surface area contributed by atoms with Crippen LogP contribution in [-0.4, -0.2) is 35.0 Å². The Labute approximate surface area is 192 Å². The summed E-state index contributed by atoms with van der Waals surface area (Å²) < 4.78 is 20.4. The van der Waals surface area contributed by atoms with Crippen LogP contribution in [0.2, 0.25) is 0 Å². The zero-order chi connectivity index (χ0) is 22.8. The van der Waals surface area contributed by atoms with Gasteiger partial charge in [-0.1, -0.05) is 12.1 Å². The van der Waals surface area contributed by atoms with Crippen molar-refractivity contribution in [3.63, 3.8) is 0 Å². The molecular weight excluding hydrogens is 417 g/mol. The van der Waals surface area contributed by atoms with Crippen LogP contribution in [0.3, 0.4) is 0 Å². The normalized spacial score (nSPS) is 14.7. The summed E-state index contributed by atoms with van der Waals surface area (Å²) in [7, 11) is 1.66. The number of nitrogens with zero attached hydrogens (tertiary/aromatic N) is 4. The third-order valence-electron chi connectivity index (χ3n) is 6.64. The van der Waals surface area contributed by atoms with E-state index in [0.29, 0.717) is 11.7 Å². The fourth-order valence-corrected chi connectivity index (χ4v) is 4.64. The van der Waals surface area contributed by atoms with Gasteiger partial charge in [-0.15, -0.1) is 10.2 Å². The van der Waals surface area contributed by atoms with Gasteiger partial charge in [-0.05, 0) is 73.6 Å². The minimum absolute atomic E-state index is 0.177. The van der Waals surface area contributed by atoms with Crippen LogP contribution in [0, 0.1) is 11.7 Å². The van der Waals surface area contributed by atoms with E-state index in [4.69, 9.17) is 10.5 Å². The quantitative estimate of drug-likeness (QED) is 0.452. The third kappa shape index (κ3) is 4.49. The lowest BCUT2D eigenvalue weighted by Crippen LogP contribution is -2.34. The number of piperidine rings is 1. The molecule has 0 unspecified atom stereocenters. The van der Waals surface area contributed by atoms with Gasteiger partial charge in [0.15, 0.2) is 11.6 Å². The third-order valence-corrected chi connectivity index (χ3v) is 6.64. The van der Waals surface area contributed by atoms with E-state index in [1.807, 2.05) is 42.6 Å². The van der Waals surface area contributed by atoms with Crippen molar-refractivity contribution in [2.24, 2.45) is 5.92 Å². The number of aromatic nitrogens is 3. The first-order valence-corrected chi connectivity index (χ1v) is 11.4. The standard InChI is InChI=1S/C26H28FN5O/c1-33-22-10-8-21(9-11-22)32-16-23-24(17-32)26(30-29-25(23)28)31-14-12-19(13-15-31)3-2-18-4-6-20(27)7-5-18/h4-11,16-17,19H,2-3,12-15H2,1H3,(H2,28,29). The van der Waals surface area contributed by atoms with Gasteiger partial charge < -0.3 is 19.9 Å². The van der Waals surface area contributed by atoms with E-state index < -0.39 is 0 Å². The van der Waals surface area contributed by atoms with E-state index in [0.717, 1.165) is 66.8 Å². The maximum atomic E-state index is 13.1. The first-order chi connectivity index (χ1) is 16.1. The van der Waals surface area contributed by atoms with Crippen molar-refractivity contribution in [2.45, 2.75) is 25.7 Å². The second-order valence-electron chi connectivity index (χ2n) is 8.70. The minimum atomic E-state index is -0.177. The molecule has 1 saturated heterocycles. The van der Waals surface area contributed by atoms with Gasteiger partial charge in [0.1, 0.15) is 11.6 Å². The molecule has 0 aliphatic carbocycles. The van der Waals surface area contributed by atoms with Crippen LogP contribution in [0.25, 0.3) is 16.5 Å². The SMILES string of the molecule is COc1ccc(-n2cc3c(N)nnc(N4CCC(CCc5ccc(F)cc5)CC4)c3c2)cc1. The molecule has 0 atom stereocenters. The van der Waals surface area contributed by atoms with Gasteiger partial charge >= 0.3 is 0 Å². The molecule has 0 amide bonds. The van der Waals surface area contributed by atoms with Crippen molar-refractivity contribution in [3.05, 3.63) is 72.3 Å². The smallest absolute Gasteiger partial charge is 0.160 e. The van der Waals surface area contributed by atoms with Crippen LogP contribution < -0.4 is 15.4 Å². The van der Waals surface area contributed by atoms with Gasteiger partial charge in [0.25, 0.3) is 0 Å². The lowest BCUT2D eigenvalue weighted by molar-refractivity contribution is 0.380. The number of nitrogens with two attached hydrogens (primary N) is 1. The molecule has 1 fully saturated rings. The molecule has 0 spiro atoms. The molecule has 1 aliphatic rings. The fourth-order valence-electron chi connectivity index (χ4n) is 4.64.